The van der Waals surface area contributed by atoms with Gasteiger partial charge in [0.25, 0.3) is 0 Å². The van der Waals surface area contributed by atoms with E-state index in [4.69, 9.17) is 0 Å². The van der Waals surface area contributed by atoms with Crippen LogP contribution in [0.15, 0.2) is 12.1 Å². The van der Waals surface area contributed by atoms with Gasteiger partial charge in [0.15, 0.2) is 11.6 Å². The molecular weight excluding hydrogens is 237 g/mol. The molecule has 0 aliphatic carbocycles. The molecule has 1 aromatic carbocycles. The van der Waals surface area contributed by atoms with Gasteiger partial charge in [0.1, 0.15) is 5.82 Å². The molecule has 0 spiro atoms. The molecule has 3 nitrogen and oxygen atoms in total. The minimum Gasteiger partial charge on any atom is -0.434 e. The average molecular weight is 248 g/mol. The van der Waals surface area contributed by atoms with Crippen LogP contribution in [0.25, 0.3) is 0 Å². The van der Waals surface area contributed by atoms with E-state index in [2.05, 4.69) is 9.47 Å². The first kappa shape index (κ1) is 13.3. The van der Waals surface area contributed by atoms with Crippen LogP contribution in [0, 0.1) is 17.5 Å². The highest BCUT2D eigenvalue weighted by molar-refractivity contribution is 5.63. The van der Waals surface area contributed by atoms with Gasteiger partial charge in [-0.2, -0.15) is 0 Å². The zero-order valence-corrected chi connectivity index (χ0v) is 9.13. The third kappa shape index (κ3) is 3.97. The number of rotatable bonds is 4. The molecule has 0 unspecified atom stereocenters. The van der Waals surface area contributed by atoms with Crippen molar-refractivity contribution < 1.29 is 27.4 Å². The van der Waals surface area contributed by atoms with Gasteiger partial charge in [-0.3, -0.25) is 0 Å². The summed E-state index contributed by atoms with van der Waals surface area (Å²) in [6, 6.07) is 0.829. The predicted molar refractivity (Wildman–Crippen MR) is 53.2 cm³/mol. The van der Waals surface area contributed by atoms with Crippen molar-refractivity contribution >= 4 is 6.16 Å². The summed E-state index contributed by atoms with van der Waals surface area (Å²) < 4.78 is 47.5. The Balaban J connectivity index is 2.65. The molecule has 0 bridgehead atoms. The Bertz CT molecular complexity index is 384. The molecule has 0 atom stereocenters. The Kier molecular flexibility index (Phi) is 4.81. The number of unbranched alkanes of at least 4 members (excludes halogenated alkanes) is 1. The van der Waals surface area contributed by atoms with Gasteiger partial charge in [-0.25, -0.2) is 18.0 Å². The standard InChI is InChI=1S/C11H11F3O3/c1-2-3-4-16-11(15)17-10-8(13)5-7(12)6-9(10)14/h5-6H,2-4H2,1H3. The van der Waals surface area contributed by atoms with E-state index in [0.29, 0.717) is 18.6 Å². The van der Waals surface area contributed by atoms with Gasteiger partial charge in [0.05, 0.1) is 6.61 Å². The zero-order chi connectivity index (χ0) is 12.8. The van der Waals surface area contributed by atoms with Gasteiger partial charge < -0.3 is 9.47 Å². The minimum absolute atomic E-state index is 0.0970. The van der Waals surface area contributed by atoms with Gasteiger partial charge in [0.2, 0.25) is 5.75 Å². The fourth-order valence-corrected chi connectivity index (χ4v) is 1.04. The van der Waals surface area contributed by atoms with E-state index in [1.807, 2.05) is 6.92 Å². The second-order valence-corrected chi connectivity index (χ2v) is 3.25. The first-order chi connectivity index (χ1) is 8.04. The summed E-state index contributed by atoms with van der Waals surface area (Å²) in [5.74, 6) is -4.65. The molecule has 1 rings (SSSR count). The van der Waals surface area contributed by atoms with E-state index in [0.717, 1.165) is 6.42 Å². The van der Waals surface area contributed by atoms with Gasteiger partial charge in [-0.15, -0.1) is 0 Å². The monoisotopic (exact) mass is 248 g/mol. The Morgan fingerprint density at radius 2 is 1.82 bits per heavy atom. The molecule has 6 heteroatoms. The van der Waals surface area contributed by atoms with Crippen molar-refractivity contribution in [3.05, 3.63) is 29.6 Å². The lowest BCUT2D eigenvalue weighted by molar-refractivity contribution is 0.0946. The normalized spacial score (nSPS) is 10.1. The van der Waals surface area contributed by atoms with Crippen LogP contribution < -0.4 is 4.74 Å². The molecule has 0 saturated heterocycles. The first-order valence-corrected chi connectivity index (χ1v) is 5.03. The fourth-order valence-electron chi connectivity index (χ4n) is 1.04. The number of hydrogen-bond donors (Lipinski definition) is 0. The Morgan fingerprint density at radius 3 is 2.35 bits per heavy atom. The van der Waals surface area contributed by atoms with Crippen LogP contribution in [0.5, 0.6) is 5.75 Å². The average Bonchev–Trinajstić information content (AvgIpc) is 2.24. The van der Waals surface area contributed by atoms with Crippen LogP contribution in [-0.2, 0) is 4.74 Å². The molecule has 0 N–H and O–H groups in total. The van der Waals surface area contributed by atoms with E-state index in [-0.39, 0.29) is 6.61 Å². The van der Waals surface area contributed by atoms with E-state index in [1.54, 1.807) is 0 Å². The number of carbonyl (C=O) groups is 1. The topological polar surface area (TPSA) is 35.5 Å². The van der Waals surface area contributed by atoms with Crippen molar-refractivity contribution in [2.75, 3.05) is 6.61 Å². The molecule has 17 heavy (non-hydrogen) atoms. The van der Waals surface area contributed by atoms with Crippen molar-refractivity contribution in [3.8, 4) is 5.75 Å². The third-order valence-electron chi connectivity index (χ3n) is 1.87. The van der Waals surface area contributed by atoms with Crippen molar-refractivity contribution in [1.29, 1.82) is 0 Å². The highest BCUT2D eigenvalue weighted by Gasteiger charge is 2.17. The van der Waals surface area contributed by atoms with Crippen LogP contribution >= 0.6 is 0 Å². The summed E-state index contributed by atoms with van der Waals surface area (Å²) in [6.45, 7) is 1.98. The Hall–Kier alpha value is -1.72. The van der Waals surface area contributed by atoms with Crippen LogP contribution in [0.2, 0.25) is 0 Å². The van der Waals surface area contributed by atoms with Crippen LogP contribution in [-0.4, -0.2) is 12.8 Å². The molecule has 0 fully saturated rings. The molecule has 0 radical (unpaired) electrons. The lowest BCUT2D eigenvalue weighted by Gasteiger charge is -2.07. The molecule has 0 aromatic heterocycles. The predicted octanol–water partition coefficient (Wildman–Crippen LogP) is 3.42. The second kappa shape index (κ2) is 6.12. The van der Waals surface area contributed by atoms with Gasteiger partial charge >= 0.3 is 6.16 Å². The summed E-state index contributed by atoms with van der Waals surface area (Å²) in [4.78, 5) is 11.0. The summed E-state index contributed by atoms with van der Waals surface area (Å²) in [6.07, 6.45) is 0.193. The highest BCUT2D eigenvalue weighted by Crippen LogP contribution is 2.23. The molecule has 94 valence electrons. The maximum atomic E-state index is 13.0. The van der Waals surface area contributed by atoms with Crippen molar-refractivity contribution in [2.45, 2.75) is 19.8 Å². The molecule has 0 heterocycles. The third-order valence-corrected chi connectivity index (χ3v) is 1.87. The number of carbonyl (C=O) groups excluding carboxylic acids is 1. The zero-order valence-electron chi connectivity index (χ0n) is 9.13. The Labute approximate surface area is 96.1 Å². The van der Waals surface area contributed by atoms with E-state index < -0.39 is 29.4 Å². The molecule has 0 saturated carbocycles. The lowest BCUT2D eigenvalue weighted by atomic mass is 10.3. The van der Waals surface area contributed by atoms with Gasteiger partial charge in [0, 0.05) is 12.1 Å². The maximum Gasteiger partial charge on any atom is 0.514 e. The van der Waals surface area contributed by atoms with Crippen LogP contribution in [0.1, 0.15) is 19.8 Å². The minimum atomic E-state index is -1.30. The molecule has 0 amide bonds. The van der Waals surface area contributed by atoms with Gasteiger partial charge in [-0.1, -0.05) is 13.3 Å². The molecular formula is C11H11F3O3. The second-order valence-electron chi connectivity index (χ2n) is 3.25. The summed E-state index contributed by atoms with van der Waals surface area (Å²) in [7, 11) is 0. The quantitative estimate of drug-likeness (QED) is 0.465. The number of hydrogen-bond acceptors (Lipinski definition) is 3. The smallest absolute Gasteiger partial charge is 0.434 e. The van der Waals surface area contributed by atoms with Gasteiger partial charge in [-0.05, 0) is 6.42 Å². The number of ether oxygens (including phenoxy) is 2. The Morgan fingerprint density at radius 1 is 1.24 bits per heavy atom. The highest BCUT2D eigenvalue weighted by atomic mass is 19.1. The summed E-state index contributed by atoms with van der Waals surface area (Å²) >= 11 is 0. The lowest BCUT2D eigenvalue weighted by Crippen LogP contribution is -2.13. The van der Waals surface area contributed by atoms with Crippen molar-refractivity contribution in [2.24, 2.45) is 0 Å². The number of benzene rings is 1. The molecule has 1 aromatic rings. The fraction of sp³-hybridized carbons (Fsp3) is 0.364. The van der Waals surface area contributed by atoms with Crippen molar-refractivity contribution in [3.63, 3.8) is 0 Å². The largest absolute Gasteiger partial charge is 0.514 e. The number of halogens is 3. The summed E-state index contributed by atoms with van der Waals surface area (Å²) in [5, 5.41) is 0. The first-order valence-electron chi connectivity index (χ1n) is 5.03. The molecule has 0 aliphatic rings. The van der Waals surface area contributed by atoms with E-state index in [1.165, 1.54) is 0 Å². The SMILES string of the molecule is CCCCOC(=O)Oc1c(F)cc(F)cc1F. The van der Waals surface area contributed by atoms with E-state index >= 15 is 0 Å². The summed E-state index contributed by atoms with van der Waals surface area (Å²) in [5.41, 5.74) is 0. The van der Waals surface area contributed by atoms with Crippen LogP contribution in [0.3, 0.4) is 0 Å². The maximum absolute atomic E-state index is 13.0. The van der Waals surface area contributed by atoms with E-state index in [9.17, 15) is 18.0 Å². The molecule has 0 aliphatic heterocycles. The van der Waals surface area contributed by atoms with Crippen molar-refractivity contribution in [1.82, 2.24) is 0 Å². The van der Waals surface area contributed by atoms with Crippen LogP contribution in [0.4, 0.5) is 18.0 Å².